The summed E-state index contributed by atoms with van der Waals surface area (Å²) in [6.45, 7) is 1.73. The lowest BCUT2D eigenvalue weighted by Crippen LogP contribution is -2.09. The van der Waals surface area contributed by atoms with E-state index in [1.54, 1.807) is 25.1 Å². The van der Waals surface area contributed by atoms with Gasteiger partial charge in [-0.3, -0.25) is 4.68 Å². The third kappa shape index (κ3) is 3.82. The van der Waals surface area contributed by atoms with Crippen molar-refractivity contribution in [3.8, 4) is 17.1 Å². The first-order valence-electron chi connectivity index (χ1n) is 7.56. The molecule has 1 aromatic carbocycles. The van der Waals surface area contributed by atoms with E-state index in [2.05, 4.69) is 15.2 Å². The largest absolute Gasteiger partial charge is 0.496 e. The number of halogens is 4. The Morgan fingerprint density at radius 3 is 2.69 bits per heavy atom. The molecule has 0 aliphatic carbocycles. The molecule has 0 radical (unpaired) electrons. The van der Waals surface area contributed by atoms with Crippen molar-refractivity contribution in [2.75, 3.05) is 7.11 Å². The van der Waals surface area contributed by atoms with E-state index in [1.165, 1.54) is 11.8 Å². The van der Waals surface area contributed by atoms with Crippen molar-refractivity contribution in [1.82, 2.24) is 19.9 Å². The normalized spacial score (nSPS) is 11.8. The Balaban J connectivity index is 1.76. The Kier molecular flexibility index (Phi) is 4.90. The van der Waals surface area contributed by atoms with Crippen LogP contribution in [0.1, 0.15) is 17.3 Å². The van der Waals surface area contributed by atoms with E-state index in [4.69, 9.17) is 20.9 Å². The minimum absolute atomic E-state index is 0.177. The zero-order valence-corrected chi connectivity index (χ0v) is 14.6. The van der Waals surface area contributed by atoms with Gasteiger partial charge in [-0.05, 0) is 31.2 Å². The summed E-state index contributed by atoms with van der Waals surface area (Å²) in [7, 11) is 1.51. The number of ether oxygens (including phenoxy) is 1. The molecule has 2 aromatic heterocycles. The summed E-state index contributed by atoms with van der Waals surface area (Å²) in [5.41, 5.74) is 0.0306. The number of benzene rings is 1. The van der Waals surface area contributed by atoms with Crippen molar-refractivity contribution in [2.45, 2.75) is 26.1 Å². The topological polar surface area (TPSA) is 66.0 Å². The Morgan fingerprint density at radius 2 is 2.04 bits per heavy atom. The lowest BCUT2D eigenvalue weighted by atomic mass is 10.2. The molecule has 0 saturated carbocycles. The second kappa shape index (κ2) is 6.99. The average Bonchev–Trinajstić information content (AvgIpc) is 3.19. The summed E-state index contributed by atoms with van der Waals surface area (Å²) in [5, 5.41) is 7.93. The molecular formula is C16H14ClF3N4O2. The number of aryl methyl sites for hydroxylation is 3. The molecule has 0 saturated heterocycles. The van der Waals surface area contributed by atoms with Gasteiger partial charge in [-0.15, -0.1) is 0 Å². The highest BCUT2D eigenvalue weighted by molar-refractivity contribution is 6.30. The van der Waals surface area contributed by atoms with E-state index in [1.807, 2.05) is 0 Å². The van der Waals surface area contributed by atoms with Gasteiger partial charge in [-0.25, -0.2) is 0 Å². The highest BCUT2D eigenvalue weighted by Gasteiger charge is 2.34. The molecule has 138 valence electrons. The molecular weight excluding hydrogens is 373 g/mol. The predicted molar refractivity (Wildman–Crippen MR) is 87.0 cm³/mol. The SMILES string of the molecule is COc1ccc(Cl)cc1-c1noc(CCn2nc(C(F)(F)F)cc2C)n1. The van der Waals surface area contributed by atoms with Gasteiger partial charge >= 0.3 is 6.18 Å². The molecule has 0 atom stereocenters. The molecule has 0 aliphatic rings. The first-order chi connectivity index (χ1) is 12.3. The summed E-state index contributed by atoms with van der Waals surface area (Å²) in [6, 6.07) is 5.99. The van der Waals surface area contributed by atoms with Gasteiger partial charge in [0.15, 0.2) is 5.69 Å². The maximum absolute atomic E-state index is 12.7. The van der Waals surface area contributed by atoms with Crippen LogP contribution in [0.2, 0.25) is 5.02 Å². The minimum Gasteiger partial charge on any atom is -0.496 e. The van der Waals surface area contributed by atoms with Crippen LogP contribution in [-0.4, -0.2) is 27.0 Å². The summed E-state index contributed by atoms with van der Waals surface area (Å²) in [6.07, 6.45) is -4.24. The molecule has 0 aliphatic heterocycles. The molecule has 6 nitrogen and oxygen atoms in total. The van der Waals surface area contributed by atoms with Gasteiger partial charge < -0.3 is 9.26 Å². The number of nitrogens with zero attached hydrogens (tertiary/aromatic N) is 4. The minimum atomic E-state index is -4.48. The van der Waals surface area contributed by atoms with Gasteiger partial charge in [0.05, 0.1) is 12.7 Å². The Bertz CT molecular complexity index is 921. The second-order valence-corrected chi connectivity index (χ2v) is 5.93. The van der Waals surface area contributed by atoms with Crippen molar-refractivity contribution in [2.24, 2.45) is 0 Å². The Hall–Kier alpha value is -2.55. The van der Waals surface area contributed by atoms with Crippen LogP contribution >= 0.6 is 11.6 Å². The fourth-order valence-corrected chi connectivity index (χ4v) is 2.57. The third-order valence-electron chi connectivity index (χ3n) is 3.68. The molecule has 0 fully saturated rings. The fourth-order valence-electron chi connectivity index (χ4n) is 2.40. The first-order valence-corrected chi connectivity index (χ1v) is 7.94. The van der Waals surface area contributed by atoms with Gasteiger partial charge in [0.2, 0.25) is 11.7 Å². The van der Waals surface area contributed by atoms with Crippen LogP contribution in [0.25, 0.3) is 11.4 Å². The van der Waals surface area contributed by atoms with Crippen LogP contribution in [0.3, 0.4) is 0 Å². The van der Waals surface area contributed by atoms with Gasteiger partial charge in [0.25, 0.3) is 0 Å². The summed E-state index contributed by atoms with van der Waals surface area (Å²) in [5.74, 6) is 1.08. The molecule has 0 spiro atoms. The van der Waals surface area contributed by atoms with E-state index in [-0.39, 0.29) is 24.7 Å². The van der Waals surface area contributed by atoms with Crippen molar-refractivity contribution < 1.29 is 22.4 Å². The summed E-state index contributed by atoms with van der Waals surface area (Å²) >= 11 is 5.98. The summed E-state index contributed by atoms with van der Waals surface area (Å²) < 4.78 is 49.8. The number of hydrogen-bond donors (Lipinski definition) is 0. The van der Waals surface area contributed by atoms with Crippen LogP contribution < -0.4 is 4.74 Å². The predicted octanol–water partition coefficient (Wildman–Crippen LogP) is 4.17. The molecule has 0 bridgehead atoms. The van der Waals surface area contributed by atoms with Crippen molar-refractivity contribution in [1.29, 1.82) is 0 Å². The molecule has 3 rings (SSSR count). The number of rotatable bonds is 5. The molecule has 0 unspecified atom stereocenters. The van der Waals surface area contributed by atoms with Crippen LogP contribution in [0.15, 0.2) is 28.8 Å². The van der Waals surface area contributed by atoms with E-state index in [0.717, 1.165) is 6.07 Å². The lowest BCUT2D eigenvalue weighted by Gasteiger charge is -2.04. The number of aromatic nitrogens is 4. The lowest BCUT2D eigenvalue weighted by molar-refractivity contribution is -0.141. The van der Waals surface area contributed by atoms with Gasteiger partial charge in [0.1, 0.15) is 5.75 Å². The highest BCUT2D eigenvalue weighted by atomic mass is 35.5. The van der Waals surface area contributed by atoms with E-state index >= 15 is 0 Å². The van der Waals surface area contributed by atoms with Gasteiger partial charge in [-0.2, -0.15) is 23.3 Å². The number of methoxy groups -OCH3 is 1. The van der Waals surface area contributed by atoms with Crippen LogP contribution in [0, 0.1) is 6.92 Å². The molecule has 10 heteroatoms. The second-order valence-electron chi connectivity index (χ2n) is 5.50. The maximum atomic E-state index is 12.7. The molecule has 3 aromatic rings. The average molecular weight is 387 g/mol. The monoisotopic (exact) mass is 386 g/mol. The highest BCUT2D eigenvalue weighted by Crippen LogP contribution is 2.31. The zero-order chi connectivity index (χ0) is 18.9. The molecule has 0 amide bonds. The van der Waals surface area contributed by atoms with Crippen LogP contribution in [0.5, 0.6) is 5.75 Å². The zero-order valence-electron chi connectivity index (χ0n) is 13.8. The maximum Gasteiger partial charge on any atom is 0.435 e. The van der Waals surface area contributed by atoms with Gasteiger partial charge in [-0.1, -0.05) is 16.8 Å². The van der Waals surface area contributed by atoms with Crippen LogP contribution in [0.4, 0.5) is 13.2 Å². The standard InChI is InChI=1S/C16H14ClF3N4O2/c1-9-7-13(16(18,19)20)22-24(9)6-5-14-21-15(23-26-14)11-8-10(17)3-4-12(11)25-2/h3-4,7-8H,5-6H2,1-2H3. The van der Waals surface area contributed by atoms with E-state index in [0.29, 0.717) is 22.0 Å². The number of alkyl halides is 3. The Labute approximate surface area is 151 Å². The van der Waals surface area contributed by atoms with Crippen molar-refractivity contribution in [3.63, 3.8) is 0 Å². The summed E-state index contributed by atoms with van der Waals surface area (Å²) in [4.78, 5) is 4.25. The molecule has 2 heterocycles. The fraction of sp³-hybridized carbons (Fsp3) is 0.312. The van der Waals surface area contributed by atoms with E-state index < -0.39 is 11.9 Å². The van der Waals surface area contributed by atoms with Crippen molar-refractivity contribution >= 4 is 11.6 Å². The molecule has 0 N–H and O–H groups in total. The quantitative estimate of drug-likeness (QED) is 0.658. The van der Waals surface area contributed by atoms with E-state index in [9.17, 15) is 13.2 Å². The number of hydrogen-bond acceptors (Lipinski definition) is 5. The first kappa shape index (κ1) is 18.2. The third-order valence-corrected chi connectivity index (χ3v) is 3.91. The Morgan fingerprint density at radius 1 is 1.27 bits per heavy atom. The van der Waals surface area contributed by atoms with Crippen molar-refractivity contribution in [3.05, 3.63) is 46.6 Å². The van der Waals surface area contributed by atoms with Crippen LogP contribution in [-0.2, 0) is 19.1 Å². The smallest absolute Gasteiger partial charge is 0.435 e. The molecule has 26 heavy (non-hydrogen) atoms. The van der Waals surface area contributed by atoms with Gasteiger partial charge in [0, 0.05) is 23.7 Å².